The van der Waals surface area contributed by atoms with Crippen LogP contribution in [0.15, 0.2) is 63.7 Å². The summed E-state index contributed by atoms with van der Waals surface area (Å²) in [5.74, 6) is -1.37. The Hall–Kier alpha value is -3.79. The minimum Gasteiger partial charge on any atom is -0.401 e. The fraction of sp³-hybridized carbons (Fsp3) is 0.182. The number of halogens is 6. The van der Waals surface area contributed by atoms with Crippen LogP contribution in [0, 0.1) is 11.3 Å². The zero-order chi connectivity index (χ0) is 26.1. The third kappa shape index (κ3) is 5.32. The van der Waals surface area contributed by atoms with Gasteiger partial charge in [-0.2, -0.15) is 31.6 Å². The van der Waals surface area contributed by atoms with E-state index in [9.17, 15) is 35.9 Å². The second kappa shape index (κ2) is 9.46. The van der Waals surface area contributed by atoms with Gasteiger partial charge in [0.1, 0.15) is 11.6 Å². The number of hydrogen-bond donors (Lipinski definition) is 1. The molecule has 13 heteroatoms. The number of hydrogen-bond acceptors (Lipinski definition) is 6. The summed E-state index contributed by atoms with van der Waals surface area (Å²) in [7, 11) is 0. The van der Waals surface area contributed by atoms with E-state index in [1.165, 1.54) is 31.2 Å². The second-order valence-corrected chi connectivity index (χ2v) is 8.10. The Morgan fingerprint density at radius 2 is 1.77 bits per heavy atom. The van der Waals surface area contributed by atoms with Crippen molar-refractivity contribution in [2.75, 3.05) is 5.75 Å². The number of carbonyl (C=O) groups excluding carboxylic acids is 1. The minimum atomic E-state index is -5.12. The van der Waals surface area contributed by atoms with Crippen molar-refractivity contribution in [3.63, 3.8) is 0 Å². The van der Waals surface area contributed by atoms with Crippen molar-refractivity contribution in [1.29, 1.82) is 5.26 Å². The molecule has 0 unspecified atom stereocenters. The van der Waals surface area contributed by atoms with Gasteiger partial charge >= 0.3 is 12.4 Å². The molecule has 0 atom stereocenters. The summed E-state index contributed by atoms with van der Waals surface area (Å²) >= 11 is 0.486. The number of ketones is 1. The Kier molecular flexibility index (Phi) is 6.98. The molecule has 3 aromatic rings. The van der Waals surface area contributed by atoms with E-state index in [1.54, 1.807) is 6.07 Å². The number of aromatic nitrogens is 2. The summed E-state index contributed by atoms with van der Waals surface area (Å²) in [6, 6.07) is 7.86. The molecular formula is C22H14F6N4O2S. The van der Waals surface area contributed by atoms with Gasteiger partial charge < -0.3 is 5.73 Å². The summed E-state index contributed by atoms with van der Waals surface area (Å²) in [6.07, 6.45) is -10.1. The van der Waals surface area contributed by atoms with Crippen LogP contribution in [0.4, 0.5) is 26.3 Å². The lowest BCUT2D eigenvalue weighted by molar-refractivity contribution is -0.141. The molecule has 182 valence electrons. The van der Waals surface area contributed by atoms with Crippen molar-refractivity contribution in [3.05, 3.63) is 75.2 Å². The molecule has 0 spiro atoms. The van der Waals surface area contributed by atoms with Crippen LogP contribution in [0.25, 0.3) is 16.6 Å². The van der Waals surface area contributed by atoms with E-state index in [-0.39, 0.29) is 34.8 Å². The van der Waals surface area contributed by atoms with Crippen LogP contribution < -0.4 is 11.3 Å². The highest BCUT2D eigenvalue weighted by Gasteiger charge is 2.38. The first kappa shape index (κ1) is 25.8. The molecule has 0 aliphatic rings. The normalized spacial score (nSPS) is 12.9. The molecule has 0 aliphatic heterocycles. The minimum absolute atomic E-state index is 0.0512. The number of allylic oxidation sites excluding steroid dienone is 2. The van der Waals surface area contributed by atoms with Gasteiger partial charge in [-0.1, -0.05) is 23.9 Å². The Bertz CT molecular complexity index is 1450. The SMILES string of the molecule is CC(N)=C(C#N)C(=O)CSc1nc2ccccc2c(=O)n1-c1cc(C(F)(F)F)ccc1C(F)(F)F. The summed E-state index contributed by atoms with van der Waals surface area (Å²) in [4.78, 5) is 29.7. The van der Waals surface area contributed by atoms with Crippen molar-refractivity contribution < 1.29 is 31.1 Å². The smallest absolute Gasteiger partial charge is 0.401 e. The maximum atomic E-state index is 13.8. The Balaban J connectivity index is 2.32. The average molecular weight is 512 g/mol. The second-order valence-electron chi connectivity index (χ2n) is 7.16. The molecule has 0 saturated heterocycles. The molecule has 1 heterocycles. The molecule has 1 aromatic heterocycles. The number of nitrogens with two attached hydrogens (primary N) is 1. The number of fused-ring (bicyclic) bond motifs is 1. The van der Waals surface area contributed by atoms with Crippen LogP contribution in [0.1, 0.15) is 18.1 Å². The lowest BCUT2D eigenvalue weighted by Gasteiger charge is -2.19. The van der Waals surface area contributed by atoms with Crippen LogP contribution in [0.2, 0.25) is 0 Å². The quantitative estimate of drug-likeness (QED) is 0.173. The standard InChI is InChI=1S/C22H14F6N4O2S/c1-11(30)14(9-29)18(33)10-35-20-31-16-5-3-2-4-13(16)19(34)32(20)17-8-12(21(23,24)25)6-7-15(17)22(26,27)28/h2-8H,10,30H2,1H3. The summed E-state index contributed by atoms with van der Waals surface area (Å²) in [6.45, 7) is 1.30. The van der Waals surface area contributed by atoms with Crippen molar-refractivity contribution in [1.82, 2.24) is 9.55 Å². The van der Waals surface area contributed by atoms with Gasteiger partial charge in [-0.15, -0.1) is 0 Å². The molecule has 0 bridgehead atoms. The van der Waals surface area contributed by atoms with E-state index in [0.29, 0.717) is 16.3 Å². The van der Waals surface area contributed by atoms with E-state index >= 15 is 0 Å². The molecule has 0 aliphatic carbocycles. The predicted molar refractivity (Wildman–Crippen MR) is 116 cm³/mol. The van der Waals surface area contributed by atoms with Gasteiger partial charge in [-0.05, 0) is 37.3 Å². The van der Waals surface area contributed by atoms with Crippen LogP contribution in [-0.4, -0.2) is 21.1 Å². The molecular weight excluding hydrogens is 498 g/mol. The van der Waals surface area contributed by atoms with Crippen molar-refractivity contribution in [2.24, 2.45) is 5.73 Å². The van der Waals surface area contributed by atoms with Crippen molar-refractivity contribution in [2.45, 2.75) is 24.4 Å². The fourth-order valence-corrected chi connectivity index (χ4v) is 4.00. The number of Topliss-reactive ketones (excluding diaryl/α,β-unsaturated/α-hetero) is 1. The number of thioether (sulfide) groups is 1. The lowest BCUT2D eigenvalue weighted by Crippen LogP contribution is -2.25. The summed E-state index contributed by atoms with van der Waals surface area (Å²) in [5, 5.41) is 8.47. The van der Waals surface area contributed by atoms with Crippen LogP contribution >= 0.6 is 11.8 Å². The maximum Gasteiger partial charge on any atom is 0.418 e. The zero-order valence-corrected chi connectivity index (χ0v) is 18.5. The maximum absolute atomic E-state index is 13.8. The highest BCUT2D eigenvalue weighted by atomic mass is 32.2. The van der Waals surface area contributed by atoms with Crippen LogP contribution in [0.3, 0.4) is 0 Å². The highest BCUT2D eigenvalue weighted by Crippen LogP contribution is 2.39. The number of para-hydroxylation sites is 1. The van der Waals surface area contributed by atoms with Crippen molar-refractivity contribution >= 4 is 28.4 Å². The van der Waals surface area contributed by atoms with Gasteiger partial charge in [0.15, 0.2) is 10.9 Å². The number of alkyl halides is 6. The third-order valence-corrected chi connectivity index (χ3v) is 5.67. The molecule has 2 N–H and O–H groups in total. The molecule has 35 heavy (non-hydrogen) atoms. The van der Waals surface area contributed by atoms with Crippen LogP contribution in [-0.2, 0) is 17.1 Å². The Morgan fingerprint density at radius 1 is 1.11 bits per heavy atom. The first-order chi connectivity index (χ1) is 16.3. The average Bonchev–Trinajstić information content (AvgIpc) is 2.76. The highest BCUT2D eigenvalue weighted by molar-refractivity contribution is 7.99. The third-order valence-electron chi connectivity index (χ3n) is 4.73. The van der Waals surface area contributed by atoms with E-state index in [4.69, 9.17) is 11.0 Å². The topological polar surface area (TPSA) is 102 Å². The van der Waals surface area contributed by atoms with Gasteiger partial charge in [-0.3, -0.25) is 14.2 Å². The Labute approximate surface area is 197 Å². The summed E-state index contributed by atoms with van der Waals surface area (Å²) < 4.78 is 81.7. The number of nitrogens with zero attached hydrogens (tertiary/aromatic N) is 3. The van der Waals surface area contributed by atoms with E-state index in [1.807, 2.05) is 0 Å². The van der Waals surface area contributed by atoms with E-state index < -0.39 is 57.0 Å². The van der Waals surface area contributed by atoms with Gasteiger partial charge in [0.25, 0.3) is 5.56 Å². The molecule has 2 aromatic carbocycles. The molecule has 0 saturated carbocycles. The first-order valence-corrected chi connectivity index (χ1v) is 10.6. The largest absolute Gasteiger partial charge is 0.418 e. The first-order valence-electron chi connectivity index (χ1n) is 9.58. The van der Waals surface area contributed by atoms with Gasteiger partial charge in [0.2, 0.25) is 0 Å². The van der Waals surface area contributed by atoms with Gasteiger partial charge in [0, 0.05) is 5.70 Å². The molecule has 3 rings (SSSR count). The lowest BCUT2D eigenvalue weighted by atomic mass is 10.1. The van der Waals surface area contributed by atoms with E-state index in [0.717, 1.165) is 0 Å². The molecule has 0 amide bonds. The predicted octanol–water partition coefficient (Wildman–Crippen LogP) is 4.84. The molecule has 0 radical (unpaired) electrons. The number of benzene rings is 2. The van der Waals surface area contributed by atoms with Crippen LogP contribution in [0.5, 0.6) is 0 Å². The fourth-order valence-electron chi connectivity index (χ4n) is 3.13. The molecule has 6 nitrogen and oxygen atoms in total. The zero-order valence-electron chi connectivity index (χ0n) is 17.7. The van der Waals surface area contributed by atoms with Gasteiger partial charge in [0.05, 0.1) is 33.5 Å². The van der Waals surface area contributed by atoms with Gasteiger partial charge in [-0.25, -0.2) is 4.98 Å². The van der Waals surface area contributed by atoms with Crippen molar-refractivity contribution in [3.8, 4) is 11.8 Å². The Morgan fingerprint density at radius 3 is 2.34 bits per heavy atom. The molecule has 0 fully saturated rings. The number of carbonyl (C=O) groups is 1. The number of rotatable bonds is 5. The van der Waals surface area contributed by atoms with E-state index in [2.05, 4.69) is 4.98 Å². The summed E-state index contributed by atoms with van der Waals surface area (Å²) in [5.41, 5.74) is -0.0516. The monoisotopic (exact) mass is 512 g/mol. The number of nitriles is 1.